The summed E-state index contributed by atoms with van der Waals surface area (Å²) in [4.78, 5) is 5.13. The van der Waals surface area contributed by atoms with Gasteiger partial charge in [-0.25, -0.2) is 4.99 Å². The van der Waals surface area contributed by atoms with Gasteiger partial charge in [-0.2, -0.15) is 127 Å². The maximum atomic E-state index is 14.2. The average molecular weight is 1630 g/mol. The van der Waals surface area contributed by atoms with Crippen molar-refractivity contribution in [2.75, 3.05) is 6.61 Å². The summed E-state index contributed by atoms with van der Waals surface area (Å²) < 4.78 is 347. The van der Waals surface area contributed by atoms with Gasteiger partial charge in [0.05, 0.1) is 50.5 Å². The molecule has 100 heavy (non-hydrogen) atoms. The van der Waals surface area contributed by atoms with Crippen LogP contribution in [0, 0.1) is 5.41 Å². The van der Waals surface area contributed by atoms with Crippen molar-refractivity contribution in [3.05, 3.63) is 261 Å². The predicted octanol–water partition coefficient (Wildman–Crippen LogP) is 20.4. The molecule has 1 radical (unpaired) electrons. The Morgan fingerprint density at radius 1 is 0.370 bits per heavy atom. The molecule has 2 atom stereocenters. The number of hydrogen-bond donors (Lipinski definition) is 0. The van der Waals surface area contributed by atoms with Gasteiger partial charge in [0, 0.05) is 31.1 Å². The minimum atomic E-state index is -6.13. The van der Waals surface area contributed by atoms with Crippen molar-refractivity contribution in [1.29, 1.82) is 0 Å². The van der Waals surface area contributed by atoms with Crippen molar-refractivity contribution in [1.82, 2.24) is 0 Å². The first-order valence-electron chi connectivity index (χ1n) is 30.3. The van der Waals surface area contributed by atoms with Crippen LogP contribution in [0.15, 0.2) is 216 Å². The van der Waals surface area contributed by atoms with Crippen LogP contribution in [0.4, 0.5) is 105 Å². The molecule has 2 nitrogen and oxygen atoms in total. The molecule has 7 aromatic carbocycles. The zero-order chi connectivity index (χ0) is 72.4. The molecule has 0 fully saturated rings. The SMILES string of the molecule is C1=C(C2=N[C@@H](Cc3ccccc3)CO2)[C@]2(CC1)CCC=C2P(c1ccccc1)c1ccccc1.C1=C\CC/C=C\CC/1.FC(F)(F)c1cc([B-](c2cc(C(F)(F)F)cc(C(F)(F)F)c2)(c2cc(C(F)(F)F)cc(C(F)(F)F)c2)c2cc(C(F)(F)F)cc(C(F)(F)F)c2)cc(C(F)(F)F)c1.[Ir]. The van der Waals surface area contributed by atoms with E-state index < -0.39 is 203 Å². The second-order valence-corrected chi connectivity index (χ2v) is 26.0. The zero-order valence-corrected chi connectivity index (χ0v) is 54.8. The standard InChI is InChI=1S/C32H12BF24.C31H30NOP.C8H12.Ir/c34-25(35,36)13-1-14(26(37,38)39)6-21(5-13)33(22-7-15(27(40,41)42)2-16(8-22)28(43,44)45,23-9-17(29(46,47)48)3-18(10-23)30(49,50)51)24-11-19(31(52,53)54)4-20(12-24)32(55,56)57;1-4-12-24(13-5-1)22-25-23-33-30(32-25)28-18-10-20-31(28)21-11-19-29(31)34(26-14-6-2-7-15-26)27-16-8-3-9-17-27;1-2-4-6-8-7-5-3-1;/h1-12H;1-9,12-19,25H,10-11,20-23H2;1-2,7-8H,3-6H2;/q-1;;;/b;;2-1-,8-7-;/t;25-,31-;;/m.0../s1. The van der Waals surface area contributed by atoms with Crippen LogP contribution >= 0.6 is 7.92 Å². The van der Waals surface area contributed by atoms with E-state index in [1.165, 1.54) is 60.3 Å². The van der Waals surface area contributed by atoms with Crippen molar-refractivity contribution >= 4 is 52.4 Å². The number of benzene rings is 7. The number of rotatable bonds is 10. The Kier molecular flexibility index (Phi) is 23.6. The Balaban J connectivity index is 0.000000246. The molecule has 535 valence electrons. The van der Waals surface area contributed by atoms with Gasteiger partial charge in [-0.1, -0.05) is 176 Å². The van der Waals surface area contributed by atoms with Gasteiger partial charge in [-0.15, -0.1) is 0 Å². The van der Waals surface area contributed by atoms with E-state index >= 15 is 0 Å². The Morgan fingerprint density at radius 3 is 0.940 bits per heavy atom. The molecule has 3 aliphatic carbocycles. The number of hydrogen-bond acceptors (Lipinski definition) is 2. The second kappa shape index (κ2) is 30.2. The van der Waals surface area contributed by atoms with E-state index in [0.717, 1.165) is 25.2 Å². The van der Waals surface area contributed by atoms with Crippen LogP contribution in [0.2, 0.25) is 0 Å². The molecule has 0 unspecified atom stereocenters. The second-order valence-electron chi connectivity index (χ2n) is 23.8. The number of allylic oxidation sites excluding steroid dienone is 7. The molecule has 1 aliphatic heterocycles. The number of halogens is 24. The van der Waals surface area contributed by atoms with Gasteiger partial charge in [0.15, 0.2) is 0 Å². The molecule has 0 saturated carbocycles. The fourth-order valence-corrected chi connectivity index (χ4v) is 15.6. The molecular weight excluding hydrogens is 1570 g/mol. The number of aliphatic imine (C=N–C) groups is 1. The minimum Gasteiger partial charge on any atom is -0.475 e. The third kappa shape index (κ3) is 18.2. The van der Waals surface area contributed by atoms with Gasteiger partial charge < -0.3 is 4.74 Å². The summed E-state index contributed by atoms with van der Waals surface area (Å²) in [5.74, 6) is 0.905. The Labute approximate surface area is 571 Å². The van der Waals surface area contributed by atoms with Crippen molar-refractivity contribution in [3.8, 4) is 0 Å². The third-order valence-corrected chi connectivity index (χ3v) is 19.9. The summed E-state index contributed by atoms with van der Waals surface area (Å²) in [5, 5.41) is 4.46. The quantitative estimate of drug-likeness (QED) is 0.0579. The molecule has 0 bridgehead atoms. The topological polar surface area (TPSA) is 21.6 Å². The van der Waals surface area contributed by atoms with E-state index in [9.17, 15) is 105 Å². The molecule has 4 aliphatic rings. The molecule has 1 heterocycles. The summed E-state index contributed by atoms with van der Waals surface area (Å²) in [6, 6.07) is 24.3. The van der Waals surface area contributed by atoms with Gasteiger partial charge >= 0.3 is 49.4 Å². The number of nitrogens with zero attached hydrogens (tertiary/aromatic N) is 1. The first-order valence-corrected chi connectivity index (χ1v) is 31.7. The predicted molar refractivity (Wildman–Crippen MR) is 330 cm³/mol. The molecule has 29 heteroatoms. The monoisotopic (exact) mass is 1630 g/mol. The van der Waals surface area contributed by atoms with Crippen LogP contribution in [-0.4, -0.2) is 24.7 Å². The van der Waals surface area contributed by atoms with Gasteiger partial charge in [0.2, 0.25) is 5.90 Å². The van der Waals surface area contributed by atoms with Gasteiger partial charge in [0.1, 0.15) is 12.8 Å². The molecule has 1 spiro atoms. The zero-order valence-electron chi connectivity index (χ0n) is 51.5. The van der Waals surface area contributed by atoms with E-state index in [1.54, 1.807) is 5.31 Å². The van der Waals surface area contributed by atoms with Gasteiger partial charge in [0.25, 0.3) is 0 Å². The van der Waals surface area contributed by atoms with Crippen LogP contribution in [-0.2, 0) is 80.7 Å². The van der Waals surface area contributed by atoms with Gasteiger partial charge in [-0.05, 0) is 111 Å². The fourth-order valence-electron chi connectivity index (χ4n) is 12.8. The van der Waals surface area contributed by atoms with E-state index in [2.05, 4.69) is 127 Å². The van der Waals surface area contributed by atoms with Crippen molar-refractivity contribution in [2.24, 2.45) is 10.4 Å². The van der Waals surface area contributed by atoms with E-state index in [-0.39, 0.29) is 31.6 Å². The van der Waals surface area contributed by atoms with Crippen molar-refractivity contribution < 1.29 is 130 Å². The van der Waals surface area contributed by atoms with Crippen LogP contribution in [0.25, 0.3) is 0 Å². The fraction of sp³-hybridized carbons (Fsp3) is 0.282. The molecule has 11 rings (SSSR count). The largest absolute Gasteiger partial charge is 0.475 e. The molecular formula is C71H54BF24IrNOP-. The van der Waals surface area contributed by atoms with E-state index in [0.29, 0.717) is 6.61 Å². The molecule has 7 aromatic rings. The molecule has 0 N–H and O–H groups in total. The van der Waals surface area contributed by atoms with E-state index in [4.69, 9.17) is 9.73 Å². The molecule has 0 amide bonds. The smallest absolute Gasteiger partial charge is 0.416 e. The van der Waals surface area contributed by atoms with Crippen molar-refractivity contribution in [2.45, 2.75) is 113 Å². The number of ether oxygens (including phenoxy) is 1. The maximum Gasteiger partial charge on any atom is 0.416 e. The molecule has 0 saturated heterocycles. The van der Waals surface area contributed by atoms with Crippen LogP contribution in [0.3, 0.4) is 0 Å². The summed E-state index contributed by atoms with van der Waals surface area (Å²) in [5.41, 5.74) is -27.5. The number of alkyl halides is 24. The van der Waals surface area contributed by atoms with E-state index in [1.807, 2.05) is 0 Å². The summed E-state index contributed by atoms with van der Waals surface area (Å²) >= 11 is 0. The normalized spacial score (nSPS) is 18.4. The molecule has 0 aromatic heterocycles. The van der Waals surface area contributed by atoms with Crippen molar-refractivity contribution in [3.63, 3.8) is 0 Å². The first kappa shape index (κ1) is 78.2. The van der Waals surface area contributed by atoms with Crippen LogP contribution < -0.4 is 32.5 Å². The van der Waals surface area contributed by atoms with Gasteiger partial charge in [-0.3, -0.25) is 0 Å². The third-order valence-electron chi connectivity index (χ3n) is 17.1. The summed E-state index contributed by atoms with van der Waals surface area (Å²) in [6.07, 6.45) is -30.3. The minimum absolute atomic E-state index is 0. The Morgan fingerprint density at radius 2 is 0.650 bits per heavy atom. The first-order chi connectivity index (χ1) is 46.1. The summed E-state index contributed by atoms with van der Waals surface area (Å²) in [6.45, 7) is 0.683. The Hall–Kier alpha value is -7.57. The summed E-state index contributed by atoms with van der Waals surface area (Å²) in [7, 11) is -0.594. The van der Waals surface area contributed by atoms with Crippen LogP contribution in [0.5, 0.6) is 0 Å². The Bertz CT molecular complexity index is 3640. The van der Waals surface area contributed by atoms with Crippen LogP contribution in [0.1, 0.15) is 101 Å². The maximum absolute atomic E-state index is 14.2. The average Bonchev–Trinajstić information content (AvgIpc) is 0.821.